The molecule has 0 unspecified atom stereocenters. The first-order chi connectivity index (χ1) is 20.5. The van der Waals surface area contributed by atoms with Gasteiger partial charge in [-0.2, -0.15) is 0 Å². The highest BCUT2D eigenvalue weighted by Crippen LogP contribution is 2.62. The number of carbonyl (C=O) groups is 3. The summed E-state index contributed by atoms with van der Waals surface area (Å²) in [7, 11) is 3.05. The zero-order valence-corrected chi connectivity index (χ0v) is 23.1. The van der Waals surface area contributed by atoms with E-state index in [1.54, 1.807) is 55.6 Å². The lowest BCUT2D eigenvalue weighted by molar-refractivity contribution is -0.122. The molecule has 4 atom stereocenters. The summed E-state index contributed by atoms with van der Waals surface area (Å²) in [5.41, 5.74) is 2.47. The van der Waals surface area contributed by atoms with Crippen molar-refractivity contribution in [1.29, 1.82) is 0 Å². The van der Waals surface area contributed by atoms with Crippen LogP contribution in [-0.2, 0) is 10.2 Å². The Morgan fingerprint density at radius 3 is 2.43 bits per heavy atom. The van der Waals surface area contributed by atoms with Crippen molar-refractivity contribution in [2.45, 2.75) is 17.5 Å². The number of hydrogen-bond acceptors (Lipinski definition) is 6. The first kappa shape index (κ1) is 25.8. The van der Waals surface area contributed by atoms with Gasteiger partial charge in [0.15, 0.2) is 11.6 Å². The van der Waals surface area contributed by atoms with E-state index in [4.69, 9.17) is 9.47 Å². The molecular formula is C35H28N2O5. The summed E-state index contributed by atoms with van der Waals surface area (Å²) in [4.78, 5) is 46.1. The van der Waals surface area contributed by atoms with Crippen molar-refractivity contribution in [2.24, 2.45) is 5.92 Å². The van der Waals surface area contributed by atoms with Gasteiger partial charge in [-0.05, 0) is 53.1 Å². The van der Waals surface area contributed by atoms with Crippen molar-refractivity contribution in [3.8, 4) is 11.5 Å². The van der Waals surface area contributed by atoms with Crippen LogP contribution in [0.5, 0.6) is 11.5 Å². The third-order valence-electron chi connectivity index (χ3n) is 8.85. The van der Waals surface area contributed by atoms with Crippen molar-refractivity contribution in [3.63, 3.8) is 0 Å². The van der Waals surface area contributed by atoms with E-state index in [9.17, 15) is 14.4 Å². The maximum atomic E-state index is 15.0. The molecule has 7 nitrogen and oxygen atoms in total. The van der Waals surface area contributed by atoms with Crippen LogP contribution in [-0.4, -0.2) is 42.6 Å². The normalized spacial score (nSPS) is 23.1. The zero-order chi connectivity index (χ0) is 29.0. The van der Waals surface area contributed by atoms with Gasteiger partial charge in [-0.1, -0.05) is 66.7 Å². The summed E-state index contributed by atoms with van der Waals surface area (Å²) in [6.07, 6.45) is 3.81. The lowest BCUT2D eigenvalue weighted by atomic mass is 9.62. The lowest BCUT2D eigenvalue weighted by Crippen LogP contribution is -2.49. The third-order valence-corrected chi connectivity index (χ3v) is 8.85. The van der Waals surface area contributed by atoms with Crippen molar-refractivity contribution >= 4 is 29.2 Å². The maximum absolute atomic E-state index is 15.0. The quantitative estimate of drug-likeness (QED) is 0.308. The smallest absolute Gasteiger partial charge is 0.238 e. The molecule has 42 heavy (non-hydrogen) atoms. The average Bonchev–Trinajstić information content (AvgIpc) is 3.52. The van der Waals surface area contributed by atoms with Gasteiger partial charge in [0.2, 0.25) is 5.91 Å². The van der Waals surface area contributed by atoms with E-state index in [-0.39, 0.29) is 17.5 Å². The van der Waals surface area contributed by atoms with Crippen molar-refractivity contribution in [1.82, 2.24) is 4.90 Å². The monoisotopic (exact) mass is 556 g/mol. The highest BCUT2D eigenvalue weighted by atomic mass is 16.5. The summed E-state index contributed by atoms with van der Waals surface area (Å²) >= 11 is 0. The fraction of sp³-hybridized carbons (Fsp3) is 0.171. The Balaban J connectivity index is 1.54. The van der Waals surface area contributed by atoms with E-state index >= 15 is 0 Å². The van der Waals surface area contributed by atoms with Gasteiger partial charge in [-0.15, -0.1) is 0 Å². The number of ketones is 2. The van der Waals surface area contributed by atoms with Crippen molar-refractivity contribution < 1.29 is 23.9 Å². The highest BCUT2D eigenvalue weighted by molar-refractivity contribution is 6.17. The number of benzene rings is 4. The molecule has 0 bridgehead atoms. The SMILES string of the molecule is COc1cccc(C(=O)[C@H]2[C@@H](C(=O)c3ccccc3OC)[C@]3(C(=O)Nc4ccccc43)[C@H]3c4ccccc4C=CN23)c1. The number of ether oxygens (including phenoxy) is 2. The minimum Gasteiger partial charge on any atom is -0.497 e. The van der Waals surface area contributed by atoms with Gasteiger partial charge in [0.1, 0.15) is 23.0 Å². The van der Waals surface area contributed by atoms with E-state index in [2.05, 4.69) is 5.32 Å². The Bertz CT molecular complexity index is 1800. The fourth-order valence-electron chi connectivity index (χ4n) is 7.13. The van der Waals surface area contributed by atoms with Gasteiger partial charge >= 0.3 is 0 Å². The number of Topliss-reactive ketones (excluding diaryl/α,β-unsaturated/α-hetero) is 2. The topological polar surface area (TPSA) is 84.9 Å². The Labute approximate surface area is 243 Å². The minimum atomic E-state index is -1.41. The molecule has 1 N–H and O–H groups in total. The van der Waals surface area contributed by atoms with Gasteiger partial charge in [0.05, 0.1) is 31.7 Å². The summed E-state index contributed by atoms with van der Waals surface area (Å²) in [5, 5.41) is 3.07. The van der Waals surface area contributed by atoms with Crippen LogP contribution < -0.4 is 14.8 Å². The standard InChI is InChI=1S/C35H28N2O5/c1-41-23-12-9-11-22(20-23)31(38)30-29(32(39)25-14-5-8-17-28(25)42-2)35(26-15-6-7-16-27(26)36-34(35)40)33-24-13-4-3-10-21(24)18-19-37(30)33/h3-20,29-30,33H,1-2H3,(H,36,40)/t29-,30+,33+,35-/m0/s1. The van der Waals surface area contributed by atoms with Gasteiger partial charge in [0, 0.05) is 17.5 Å². The number of hydrogen-bond donors (Lipinski definition) is 1. The van der Waals surface area contributed by atoms with E-state index in [0.29, 0.717) is 33.9 Å². The second kappa shape index (κ2) is 9.73. The van der Waals surface area contributed by atoms with Gasteiger partial charge < -0.3 is 19.7 Å². The molecule has 1 spiro atoms. The molecule has 0 aliphatic carbocycles. The first-order valence-corrected chi connectivity index (χ1v) is 13.8. The summed E-state index contributed by atoms with van der Waals surface area (Å²) < 4.78 is 11.0. The van der Waals surface area contributed by atoms with Crippen LogP contribution in [0, 0.1) is 5.92 Å². The van der Waals surface area contributed by atoms with Gasteiger partial charge in [-0.3, -0.25) is 14.4 Å². The maximum Gasteiger partial charge on any atom is 0.238 e. The molecular weight excluding hydrogens is 528 g/mol. The van der Waals surface area contributed by atoms with Gasteiger partial charge in [0.25, 0.3) is 0 Å². The molecule has 7 heteroatoms. The number of carbonyl (C=O) groups excluding carboxylic acids is 3. The van der Waals surface area contributed by atoms with Crippen LogP contribution in [0.25, 0.3) is 6.08 Å². The van der Waals surface area contributed by atoms with E-state index < -0.39 is 23.4 Å². The van der Waals surface area contributed by atoms with Crippen LogP contribution >= 0.6 is 0 Å². The van der Waals surface area contributed by atoms with Crippen LogP contribution in [0.15, 0.2) is 103 Å². The Morgan fingerprint density at radius 1 is 0.833 bits per heavy atom. The van der Waals surface area contributed by atoms with Crippen LogP contribution in [0.2, 0.25) is 0 Å². The fourth-order valence-corrected chi connectivity index (χ4v) is 7.13. The number of para-hydroxylation sites is 2. The molecule has 3 aliphatic heterocycles. The van der Waals surface area contributed by atoms with Crippen LogP contribution in [0.1, 0.15) is 43.4 Å². The van der Waals surface area contributed by atoms with E-state index in [1.807, 2.05) is 65.7 Å². The molecule has 4 aromatic carbocycles. The third kappa shape index (κ3) is 3.49. The molecule has 3 aliphatic rings. The first-order valence-electron chi connectivity index (χ1n) is 13.8. The number of fused-ring (bicyclic) bond motifs is 6. The lowest BCUT2D eigenvalue weighted by Gasteiger charge is -2.38. The minimum absolute atomic E-state index is 0.273. The number of amides is 1. The molecule has 4 aromatic rings. The highest BCUT2D eigenvalue weighted by Gasteiger charge is 2.70. The zero-order valence-electron chi connectivity index (χ0n) is 23.1. The molecule has 3 heterocycles. The average molecular weight is 557 g/mol. The number of nitrogens with zero attached hydrogens (tertiary/aromatic N) is 1. The van der Waals surface area contributed by atoms with Crippen molar-refractivity contribution in [3.05, 3.63) is 131 Å². The molecule has 1 saturated heterocycles. The molecule has 0 aromatic heterocycles. The number of anilines is 1. The van der Waals surface area contributed by atoms with E-state index in [0.717, 1.165) is 11.1 Å². The summed E-state index contributed by atoms with van der Waals surface area (Å²) in [6.45, 7) is 0. The predicted molar refractivity (Wildman–Crippen MR) is 159 cm³/mol. The Hall–Kier alpha value is -5.17. The second-order valence-corrected chi connectivity index (χ2v) is 10.7. The van der Waals surface area contributed by atoms with Crippen molar-refractivity contribution in [2.75, 3.05) is 19.5 Å². The number of nitrogens with one attached hydrogen (secondary N) is 1. The van der Waals surface area contributed by atoms with Crippen LogP contribution in [0.4, 0.5) is 5.69 Å². The molecule has 7 rings (SSSR count). The van der Waals surface area contributed by atoms with Gasteiger partial charge in [-0.25, -0.2) is 0 Å². The number of rotatable bonds is 6. The molecule has 0 radical (unpaired) electrons. The Morgan fingerprint density at radius 2 is 1.60 bits per heavy atom. The molecule has 1 fully saturated rings. The van der Waals surface area contributed by atoms with Crippen LogP contribution in [0.3, 0.4) is 0 Å². The second-order valence-electron chi connectivity index (χ2n) is 10.7. The summed E-state index contributed by atoms with van der Waals surface area (Å²) in [6, 6.07) is 27.6. The molecule has 0 saturated carbocycles. The largest absolute Gasteiger partial charge is 0.497 e. The number of methoxy groups -OCH3 is 2. The predicted octanol–water partition coefficient (Wildman–Crippen LogP) is 5.69. The Kier molecular flexibility index (Phi) is 5.97. The molecule has 1 amide bonds. The summed E-state index contributed by atoms with van der Waals surface area (Å²) in [5.74, 6) is -1.08. The molecule has 208 valence electrons. The van der Waals surface area contributed by atoms with E-state index in [1.165, 1.54) is 7.11 Å².